The summed E-state index contributed by atoms with van der Waals surface area (Å²) in [6.45, 7) is 18.6. The van der Waals surface area contributed by atoms with Gasteiger partial charge in [0.1, 0.15) is 17.9 Å². The first kappa shape index (κ1) is 50.5. The van der Waals surface area contributed by atoms with E-state index in [0.29, 0.717) is 68.2 Å². The highest BCUT2D eigenvalue weighted by molar-refractivity contribution is 6.36. The molecule has 2 aromatic heterocycles. The van der Waals surface area contributed by atoms with Crippen molar-refractivity contribution in [2.24, 2.45) is 5.92 Å². The second-order valence-electron chi connectivity index (χ2n) is 20.5. The number of aromatic nitrogens is 5. The number of likely N-dealkylation sites (tertiary alicyclic amines) is 1. The third kappa shape index (κ3) is 11.1. The molecular weight excluding hydrogens is 950 g/mol. The number of nitrogens with zero attached hydrogens (tertiary/aromatic N) is 12. The Morgan fingerprint density at radius 3 is 2.45 bits per heavy atom. The number of carbonyl (C=O) groups excluding carboxylic acids is 2. The number of nitrogens with one attached hydrogen (secondary N) is 1. The van der Waals surface area contributed by atoms with Crippen LogP contribution in [0.3, 0.4) is 0 Å². The van der Waals surface area contributed by atoms with E-state index >= 15 is 0 Å². The van der Waals surface area contributed by atoms with Crippen LogP contribution in [-0.4, -0.2) is 146 Å². The molecule has 1 unspecified atom stereocenters. The van der Waals surface area contributed by atoms with Gasteiger partial charge >= 0.3 is 0 Å². The van der Waals surface area contributed by atoms with Gasteiger partial charge in [-0.25, -0.2) is 4.98 Å². The lowest BCUT2D eigenvalue weighted by atomic mass is 9.95. The summed E-state index contributed by atoms with van der Waals surface area (Å²) < 4.78 is 1.99. The molecule has 4 aliphatic rings. The number of anilines is 3. The van der Waals surface area contributed by atoms with E-state index in [1.807, 2.05) is 33.7 Å². The second-order valence-corrected chi connectivity index (χ2v) is 20.9. The summed E-state index contributed by atoms with van der Waals surface area (Å²) in [5, 5.41) is 34.9. The number of phenolic OH excluding ortho intramolecular Hbond substituents is 1. The van der Waals surface area contributed by atoms with E-state index in [2.05, 4.69) is 110 Å². The molecule has 4 aliphatic heterocycles. The predicted molar refractivity (Wildman–Crippen MR) is 291 cm³/mol. The number of halogens is 1. The quantitative estimate of drug-likeness (QED) is 0.0955. The number of hydrogen-bond acceptors (Lipinski definition) is 13. The molecule has 384 valence electrons. The van der Waals surface area contributed by atoms with Gasteiger partial charge in [0.05, 0.1) is 35.8 Å². The third-order valence-corrected chi connectivity index (χ3v) is 15.7. The van der Waals surface area contributed by atoms with Crippen molar-refractivity contribution in [3.8, 4) is 28.9 Å². The predicted octanol–water partition coefficient (Wildman–Crippen LogP) is 7.90. The number of aromatic hydroxyl groups is 1. The molecule has 6 aromatic rings. The highest BCUT2D eigenvalue weighted by atomic mass is 35.5. The molecule has 74 heavy (non-hydrogen) atoms. The Kier molecular flexibility index (Phi) is 15.4. The largest absolute Gasteiger partial charge is 0.508 e. The smallest absolute Gasteiger partial charge is 0.246 e. The van der Waals surface area contributed by atoms with Gasteiger partial charge in [-0.1, -0.05) is 68.4 Å². The highest BCUT2D eigenvalue weighted by Crippen LogP contribution is 2.38. The van der Waals surface area contributed by atoms with Crippen molar-refractivity contribution in [1.82, 2.24) is 44.3 Å². The zero-order valence-electron chi connectivity index (χ0n) is 42.5. The summed E-state index contributed by atoms with van der Waals surface area (Å²) in [6.07, 6.45) is 6.30. The highest BCUT2D eigenvalue weighted by Gasteiger charge is 2.34. The minimum absolute atomic E-state index is 0.136. The van der Waals surface area contributed by atoms with E-state index in [0.717, 1.165) is 128 Å². The van der Waals surface area contributed by atoms with Gasteiger partial charge in [0.15, 0.2) is 5.82 Å². The summed E-state index contributed by atoms with van der Waals surface area (Å²) in [6, 6.07) is 28.5. The molecule has 0 bridgehead atoms. The number of hydrogen-bond donors (Lipinski definition) is 2. The van der Waals surface area contributed by atoms with E-state index in [9.17, 15) is 20.0 Å². The van der Waals surface area contributed by atoms with Crippen molar-refractivity contribution in [2.75, 3.05) is 93.7 Å². The van der Waals surface area contributed by atoms with Crippen LogP contribution < -0.4 is 15.1 Å². The van der Waals surface area contributed by atoms with E-state index in [-0.39, 0.29) is 30.2 Å². The van der Waals surface area contributed by atoms with E-state index in [4.69, 9.17) is 21.6 Å². The first-order valence-electron chi connectivity index (χ1n) is 26.2. The Morgan fingerprint density at radius 1 is 0.919 bits per heavy atom. The molecule has 0 saturated carbocycles. The van der Waals surface area contributed by atoms with Gasteiger partial charge < -0.3 is 34.9 Å². The molecule has 6 heterocycles. The maximum atomic E-state index is 13.7. The first-order valence-corrected chi connectivity index (χ1v) is 26.6. The zero-order valence-corrected chi connectivity index (χ0v) is 43.3. The molecule has 4 aromatic carbocycles. The SMILES string of the molecule is C=CC(=O)N1CCN(c2nc(NCCC(=O)N3CCC(CN4CCN(Cc5ccc(-n6cnnc6-c6ccc(O)c(C(C)C)c6)cc5)CC4)CC3)nc3c2CCN(c2cccc4cccc(Cl)c24)C3)CC1CC#N. The maximum absolute atomic E-state index is 13.7. The Morgan fingerprint density at radius 2 is 1.69 bits per heavy atom. The average molecular weight is 1020 g/mol. The molecule has 3 fully saturated rings. The van der Waals surface area contributed by atoms with Crippen molar-refractivity contribution in [1.29, 1.82) is 5.26 Å². The van der Waals surface area contributed by atoms with Crippen LogP contribution in [0.1, 0.15) is 67.8 Å². The number of amides is 2. The molecule has 0 aliphatic carbocycles. The lowest BCUT2D eigenvalue weighted by Gasteiger charge is -2.42. The van der Waals surface area contributed by atoms with Crippen LogP contribution >= 0.6 is 11.6 Å². The number of phenols is 1. The lowest BCUT2D eigenvalue weighted by molar-refractivity contribution is -0.132. The maximum Gasteiger partial charge on any atom is 0.246 e. The van der Waals surface area contributed by atoms with E-state index in [1.54, 1.807) is 17.3 Å². The molecular formula is C57H66ClN13O3. The fraction of sp³-hybridized carbons (Fsp3) is 0.421. The van der Waals surface area contributed by atoms with Crippen molar-refractivity contribution < 1.29 is 14.7 Å². The van der Waals surface area contributed by atoms with Crippen molar-refractivity contribution >= 4 is 51.6 Å². The molecule has 17 heteroatoms. The van der Waals surface area contributed by atoms with E-state index in [1.165, 1.54) is 11.6 Å². The Hall–Kier alpha value is -7.06. The van der Waals surface area contributed by atoms with Crippen LogP contribution in [0.2, 0.25) is 5.02 Å². The summed E-state index contributed by atoms with van der Waals surface area (Å²) in [4.78, 5) is 50.1. The number of fused-ring (bicyclic) bond motifs is 2. The Balaban J connectivity index is 0.711. The van der Waals surface area contributed by atoms with Gasteiger partial charge in [-0.2, -0.15) is 10.2 Å². The van der Waals surface area contributed by atoms with E-state index < -0.39 is 0 Å². The molecule has 1 atom stereocenters. The number of piperidine rings is 1. The summed E-state index contributed by atoms with van der Waals surface area (Å²) >= 11 is 6.80. The van der Waals surface area contributed by atoms with Crippen LogP contribution in [0.4, 0.5) is 17.5 Å². The van der Waals surface area contributed by atoms with Crippen LogP contribution in [-0.2, 0) is 29.1 Å². The van der Waals surface area contributed by atoms with Crippen molar-refractivity contribution in [2.45, 2.75) is 71.0 Å². The fourth-order valence-corrected chi connectivity index (χ4v) is 11.6. The minimum atomic E-state index is -0.298. The van der Waals surface area contributed by atoms with Crippen molar-refractivity contribution in [3.63, 3.8) is 0 Å². The zero-order chi connectivity index (χ0) is 51.3. The average Bonchev–Trinajstić information content (AvgIpc) is 3.91. The van der Waals surface area contributed by atoms with Gasteiger partial charge in [0.2, 0.25) is 17.8 Å². The third-order valence-electron chi connectivity index (χ3n) is 15.4. The first-order chi connectivity index (χ1) is 36.0. The van der Waals surface area contributed by atoms with Crippen molar-refractivity contribution in [3.05, 3.63) is 125 Å². The van der Waals surface area contributed by atoms with Gasteiger partial charge in [0, 0.05) is 119 Å². The Labute approximate surface area is 438 Å². The van der Waals surface area contributed by atoms with Gasteiger partial charge in [-0.05, 0) is 96.2 Å². The summed E-state index contributed by atoms with van der Waals surface area (Å²) in [7, 11) is 0. The molecule has 0 spiro atoms. The minimum Gasteiger partial charge on any atom is -0.508 e. The summed E-state index contributed by atoms with van der Waals surface area (Å²) in [5.41, 5.74) is 7.09. The molecule has 3 saturated heterocycles. The molecule has 2 N–H and O–H groups in total. The normalized spacial score (nSPS) is 17.9. The van der Waals surface area contributed by atoms with Gasteiger partial charge in [-0.15, -0.1) is 10.2 Å². The van der Waals surface area contributed by atoms with Gasteiger partial charge in [0.25, 0.3) is 0 Å². The number of nitriles is 1. The van der Waals surface area contributed by atoms with Crippen LogP contribution in [0.15, 0.2) is 97.8 Å². The Bertz CT molecular complexity index is 3020. The van der Waals surface area contributed by atoms with Crippen LogP contribution in [0, 0.1) is 17.2 Å². The fourth-order valence-electron chi connectivity index (χ4n) is 11.3. The number of carbonyl (C=O) groups is 2. The lowest BCUT2D eigenvalue weighted by Crippen LogP contribution is -2.55. The van der Waals surface area contributed by atoms with Gasteiger partial charge in [-0.3, -0.25) is 19.1 Å². The number of rotatable bonds is 15. The number of benzene rings is 4. The topological polar surface area (TPSA) is 166 Å². The van der Waals surface area contributed by atoms with Crippen LogP contribution in [0.5, 0.6) is 5.75 Å². The monoisotopic (exact) mass is 1020 g/mol. The molecule has 0 radical (unpaired) electrons. The summed E-state index contributed by atoms with van der Waals surface area (Å²) in [5.74, 6) is 3.03. The molecule has 2 amide bonds. The second kappa shape index (κ2) is 22.6. The van der Waals surface area contributed by atoms with Crippen LogP contribution in [0.25, 0.3) is 27.8 Å². The number of piperazine rings is 2. The molecule has 10 rings (SSSR count). The molecule has 16 nitrogen and oxygen atoms in total. The standard InChI is InChI=1S/C57H66ClN13O3/c1-4-52(73)70-32-31-69(36-45(70)17-22-59)56-46-21-26-68(50-10-6-8-42-7-5-9-48(58)54(42)50)37-49(46)62-57(63-56)60-23-18-53(74)67-24-19-41(20-25-67)35-66-29-27-65(28-30-66)34-40-11-14-44(15-12-40)71-38-61-64-55(71)43-13-16-51(72)47(33-43)39(2)3/h4-16,33,38-39,41,45,72H,1,17-21,23-32,34-37H2,2-3H3,(H,60,62,63).